The minimum Gasteiger partial charge on any atom is -0.493 e. The molecular weight excluding hydrogens is 414 g/mol. The lowest BCUT2D eigenvalue weighted by Crippen LogP contribution is -2.40. The van der Waals surface area contributed by atoms with Crippen LogP contribution in [0.25, 0.3) is 10.2 Å². The quantitative estimate of drug-likeness (QED) is 0.600. The van der Waals surface area contributed by atoms with Crippen molar-refractivity contribution in [1.29, 1.82) is 0 Å². The zero-order valence-electron chi connectivity index (χ0n) is 18.0. The summed E-state index contributed by atoms with van der Waals surface area (Å²) in [5.41, 5.74) is 1.93. The Labute approximate surface area is 185 Å². The summed E-state index contributed by atoms with van der Waals surface area (Å²) < 4.78 is 17.3. The number of rotatable bonds is 7. The Morgan fingerprint density at radius 1 is 1.10 bits per heavy atom. The number of nitrogens with one attached hydrogen (secondary N) is 1. The number of benzene rings is 2. The first-order valence-corrected chi connectivity index (χ1v) is 11.1. The van der Waals surface area contributed by atoms with E-state index < -0.39 is 0 Å². The molecule has 0 atom stereocenters. The highest BCUT2D eigenvalue weighted by molar-refractivity contribution is 7.22. The van der Waals surface area contributed by atoms with Crippen LogP contribution in [0.4, 0.5) is 5.13 Å². The van der Waals surface area contributed by atoms with Gasteiger partial charge in [0.25, 0.3) is 0 Å². The third-order valence-corrected chi connectivity index (χ3v) is 6.71. The van der Waals surface area contributed by atoms with Gasteiger partial charge in [0, 0.05) is 25.6 Å². The van der Waals surface area contributed by atoms with E-state index in [1.165, 1.54) is 4.70 Å². The number of carbonyl (C=O) groups excluding carboxylic acids is 1. The summed E-state index contributed by atoms with van der Waals surface area (Å²) in [6, 6.07) is 11.9. The van der Waals surface area contributed by atoms with Gasteiger partial charge in [-0.3, -0.25) is 4.79 Å². The fourth-order valence-electron chi connectivity index (χ4n) is 3.90. The monoisotopic (exact) mass is 441 g/mol. The van der Waals surface area contributed by atoms with Gasteiger partial charge in [-0.2, -0.15) is 0 Å². The lowest BCUT2D eigenvalue weighted by atomic mass is 9.96. The minimum atomic E-state index is 0.00710. The van der Waals surface area contributed by atoms with E-state index in [1.807, 2.05) is 30.3 Å². The molecule has 31 heavy (non-hydrogen) atoms. The molecule has 3 aromatic rings. The molecule has 1 N–H and O–H groups in total. The largest absolute Gasteiger partial charge is 0.493 e. The first-order chi connectivity index (χ1) is 15.1. The number of para-hydroxylation sites is 1. The van der Waals surface area contributed by atoms with Gasteiger partial charge in [-0.25, -0.2) is 4.98 Å². The van der Waals surface area contributed by atoms with Crippen LogP contribution in [0.5, 0.6) is 17.2 Å². The molecule has 0 unspecified atom stereocenters. The number of piperidine rings is 1. The molecule has 0 bridgehead atoms. The van der Waals surface area contributed by atoms with Gasteiger partial charge >= 0.3 is 0 Å². The van der Waals surface area contributed by atoms with Crippen LogP contribution < -0.4 is 24.4 Å². The first-order valence-electron chi connectivity index (χ1n) is 10.3. The molecule has 2 aromatic carbocycles. The number of anilines is 1. The smallest absolute Gasteiger partial charge is 0.223 e. The summed E-state index contributed by atoms with van der Waals surface area (Å²) in [4.78, 5) is 19.8. The van der Waals surface area contributed by atoms with Gasteiger partial charge in [-0.15, -0.1) is 0 Å². The van der Waals surface area contributed by atoms with Gasteiger partial charge in [0.2, 0.25) is 11.7 Å². The average molecular weight is 442 g/mol. The van der Waals surface area contributed by atoms with Crippen LogP contribution in [-0.2, 0) is 11.3 Å². The van der Waals surface area contributed by atoms with Crippen LogP contribution in [0, 0.1) is 5.92 Å². The Bertz CT molecular complexity index is 1000. The molecule has 1 aliphatic rings. The van der Waals surface area contributed by atoms with Crippen molar-refractivity contribution in [3.05, 3.63) is 42.0 Å². The molecule has 1 aliphatic heterocycles. The van der Waals surface area contributed by atoms with Crippen molar-refractivity contribution < 1.29 is 19.0 Å². The summed E-state index contributed by atoms with van der Waals surface area (Å²) in [6.07, 6.45) is 1.63. The van der Waals surface area contributed by atoms with Crippen molar-refractivity contribution in [2.45, 2.75) is 19.4 Å². The fourth-order valence-corrected chi connectivity index (χ4v) is 4.92. The maximum Gasteiger partial charge on any atom is 0.223 e. The average Bonchev–Trinajstić information content (AvgIpc) is 3.26. The van der Waals surface area contributed by atoms with E-state index >= 15 is 0 Å². The molecule has 0 radical (unpaired) electrons. The molecule has 1 aromatic heterocycles. The van der Waals surface area contributed by atoms with Crippen LogP contribution in [0.2, 0.25) is 0 Å². The molecule has 1 fully saturated rings. The maximum atomic E-state index is 12.8. The number of ether oxygens (including phenoxy) is 3. The van der Waals surface area contributed by atoms with E-state index in [4.69, 9.17) is 19.2 Å². The number of methoxy groups -OCH3 is 3. The maximum absolute atomic E-state index is 12.8. The normalized spacial score (nSPS) is 14.5. The van der Waals surface area contributed by atoms with E-state index in [2.05, 4.69) is 16.3 Å². The topological polar surface area (TPSA) is 72.9 Å². The van der Waals surface area contributed by atoms with Crippen molar-refractivity contribution in [3.8, 4) is 17.2 Å². The Kier molecular flexibility index (Phi) is 6.46. The SMILES string of the molecule is COc1cc(CNC(=O)C2CCN(c3nc4ccccc4s3)CC2)cc(OC)c1OC. The summed E-state index contributed by atoms with van der Waals surface area (Å²) in [7, 11) is 4.74. The number of carbonyl (C=O) groups is 1. The second kappa shape index (κ2) is 9.43. The van der Waals surface area contributed by atoms with Gasteiger partial charge in [0.1, 0.15) is 0 Å². The zero-order chi connectivity index (χ0) is 21.8. The van der Waals surface area contributed by atoms with Crippen molar-refractivity contribution in [2.24, 2.45) is 5.92 Å². The number of hydrogen-bond donors (Lipinski definition) is 1. The van der Waals surface area contributed by atoms with E-state index in [9.17, 15) is 4.79 Å². The van der Waals surface area contributed by atoms with Gasteiger partial charge < -0.3 is 24.4 Å². The number of nitrogens with zero attached hydrogens (tertiary/aromatic N) is 2. The molecule has 164 valence electrons. The highest BCUT2D eigenvalue weighted by Crippen LogP contribution is 2.38. The van der Waals surface area contributed by atoms with Crippen molar-refractivity contribution in [1.82, 2.24) is 10.3 Å². The molecule has 2 heterocycles. The molecular formula is C23H27N3O4S. The summed E-state index contributed by atoms with van der Waals surface area (Å²) in [5, 5.41) is 4.10. The Hall–Kier alpha value is -3.00. The summed E-state index contributed by atoms with van der Waals surface area (Å²) in [5.74, 6) is 1.79. The van der Waals surface area contributed by atoms with E-state index in [1.54, 1.807) is 32.7 Å². The summed E-state index contributed by atoms with van der Waals surface area (Å²) in [6.45, 7) is 2.08. The molecule has 0 saturated carbocycles. The number of hydrogen-bond acceptors (Lipinski definition) is 7. The molecule has 1 saturated heterocycles. The van der Waals surface area contributed by atoms with Crippen LogP contribution in [0.1, 0.15) is 18.4 Å². The number of aromatic nitrogens is 1. The van der Waals surface area contributed by atoms with Gasteiger partial charge in [-0.05, 0) is 42.7 Å². The van der Waals surface area contributed by atoms with Gasteiger partial charge in [-0.1, -0.05) is 23.5 Å². The van der Waals surface area contributed by atoms with Gasteiger partial charge in [0.15, 0.2) is 16.6 Å². The summed E-state index contributed by atoms with van der Waals surface area (Å²) >= 11 is 1.71. The Morgan fingerprint density at radius 3 is 2.39 bits per heavy atom. The predicted octanol–water partition coefficient (Wildman–Crippen LogP) is 3.85. The zero-order valence-corrected chi connectivity index (χ0v) is 18.8. The van der Waals surface area contributed by atoms with Crippen LogP contribution in [-0.4, -0.2) is 45.3 Å². The third-order valence-electron chi connectivity index (χ3n) is 5.61. The highest BCUT2D eigenvalue weighted by atomic mass is 32.1. The molecule has 7 nitrogen and oxygen atoms in total. The van der Waals surface area contributed by atoms with E-state index in [0.717, 1.165) is 42.1 Å². The molecule has 0 spiro atoms. The molecule has 8 heteroatoms. The second-order valence-electron chi connectivity index (χ2n) is 7.48. The van der Waals surface area contributed by atoms with Crippen LogP contribution in [0.3, 0.4) is 0 Å². The van der Waals surface area contributed by atoms with Crippen molar-refractivity contribution in [3.63, 3.8) is 0 Å². The number of fused-ring (bicyclic) bond motifs is 1. The van der Waals surface area contributed by atoms with Gasteiger partial charge in [0.05, 0.1) is 31.5 Å². The minimum absolute atomic E-state index is 0.00710. The Balaban J connectivity index is 1.34. The standard InChI is InChI=1S/C23H27N3O4S/c1-28-18-12-15(13-19(29-2)21(18)30-3)14-24-22(27)16-8-10-26(11-9-16)23-25-17-6-4-5-7-20(17)31-23/h4-7,12-13,16H,8-11,14H2,1-3H3,(H,24,27). The van der Waals surface area contributed by atoms with Crippen LogP contribution in [0.15, 0.2) is 36.4 Å². The second-order valence-corrected chi connectivity index (χ2v) is 8.49. The first kappa shape index (κ1) is 21.2. The Morgan fingerprint density at radius 2 is 1.77 bits per heavy atom. The van der Waals surface area contributed by atoms with E-state index in [0.29, 0.717) is 23.8 Å². The number of thiazole rings is 1. The predicted molar refractivity (Wildman–Crippen MR) is 123 cm³/mol. The highest BCUT2D eigenvalue weighted by Gasteiger charge is 2.26. The molecule has 4 rings (SSSR count). The molecule has 0 aliphatic carbocycles. The lowest BCUT2D eigenvalue weighted by Gasteiger charge is -2.31. The van der Waals surface area contributed by atoms with E-state index in [-0.39, 0.29) is 11.8 Å². The molecule has 1 amide bonds. The van der Waals surface area contributed by atoms with Crippen LogP contribution >= 0.6 is 11.3 Å². The van der Waals surface area contributed by atoms with Crippen molar-refractivity contribution in [2.75, 3.05) is 39.3 Å². The van der Waals surface area contributed by atoms with Crippen molar-refractivity contribution >= 4 is 32.6 Å². The fraction of sp³-hybridized carbons (Fsp3) is 0.391. The number of amides is 1. The lowest BCUT2D eigenvalue weighted by molar-refractivity contribution is -0.125. The third kappa shape index (κ3) is 4.54.